The van der Waals surface area contributed by atoms with Crippen molar-refractivity contribution in [1.29, 1.82) is 0 Å². The van der Waals surface area contributed by atoms with Gasteiger partial charge in [0.05, 0.1) is 18.2 Å². The first kappa shape index (κ1) is 21.0. The molecule has 0 aromatic heterocycles. The molecule has 1 fully saturated rings. The van der Waals surface area contributed by atoms with Gasteiger partial charge in [0, 0.05) is 12.5 Å². The summed E-state index contributed by atoms with van der Waals surface area (Å²) in [5, 5.41) is 23.5. The molecule has 0 radical (unpaired) electrons. The van der Waals surface area contributed by atoms with Crippen LogP contribution < -0.4 is 15.4 Å². The summed E-state index contributed by atoms with van der Waals surface area (Å²) in [4.78, 5) is 34.8. The number of carbonyl (C=O) groups excluding carboxylic acids is 2. The van der Waals surface area contributed by atoms with Gasteiger partial charge >= 0.3 is 0 Å². The summed E-state index contributed by atoms with van der Waals surface area (Å²) in [7, 11) is 1.58. The van der Waals surface area contributed by atoms with Gasteiger partial charge in [0.25, 0.3) is 5.69 Å². The van der Waals surface area contributed by atoms with E-state index in [2.05, 4.69) is 20.8 Å². The predicted molar refractivity (Wildman–Crippen MR) is 114 cm³/mol. The minimum Gasteiger partial charge on any atom is -0.497 e. The van der Waals surface area contributed by atoms with Crippen LogP contribution in [0.2, 0.25) is 0 Å². The summed E-state index contributed by atoms with van der Waals surface area (Å²) in [6, 6.07) is 13.0. The Morgan fingerprint density at radius 2 is 2.03 bits per heavy atom. The number of nitrogens with one attached hydrogen (secondary N) is 2. The van der Waals surface area contributed by atoms with Crippen molar-refractivity contribution in [2.75, 3.05) is 12.4 Å². The Morgan fingerprint density at radius 3 is 2.73 bits per heavy atom. The van der Waals surface area contributed by atoms with Crippen LogP contribution in [-0.2, 0) is 9.59 Å². The molecule has 2 N–H and O–H groups in total. The van der Waals surface area contributed by atoms with Crippen molar-refractivity contribution in [2.24, 2.45) is 10.2 Å². The fourth-order valence-corrected chi connectivity index (χ4v) is 3.46. The van der Waals surface area contributed by atoms with Crippen molar-refractivity contribution in [3.05, 3.63) is 64.2 Å². The lowest BCUT2D eigenvalue weighted by molar-refractivity contribution is -0.383. The highest BCUT2D eigenvalue weighted by molar-refractivity contribution is 8.15. The second-order valence-electron chi connectivity index (χ2n) is 6.05. The third-order valence-electron chi connectivity index (χ3n) is 3.99. The third kappa shape index (κ3) is 5.41. The molecule has 1 unspecified atom stereocenters. The molecule has 1 atom stereocenters. The smallest absolute Gasteiger partial charge is 0.292 e. The highest BCUT2D eigenvalue weighted by Crippen LogP contribution is 2.26. The fourth-order valence-electron chi connectivity index (χ4n) is 2.53. The second kappa shape index (κ2) is 9.65. The van der Waals surface area contributed by atoms with Crippen LogP contribution in [0.15, 0.2) is 58.7 Å². The maximum atomic E-state index is 12.2. The predicted octanol–water partition coefficient (Wildman–Crippen LogP) is 2.55. The minimum absolute atomic E-state index is 0.0777. The average Bonchev–Trinajstić information content (AvgIpc) is 3.07. The normalized spacial score (nSPS) is 17.2. The van der Waals surface area contributed by atoms with Gasteiger partial charge in [0.2, 0.25) is 11.8 Å². The highest BCUT2D eigenvalue weighted by atomic mass is 32.2. The first-order valence-electron chi connectivity index (χ1n) is 8.72. The molecule has 2 amide bonds. The van der Waals surface area contributed by atoms with Gasteiger partial charge in [-0.25, -0.2) is 0 Å². The summed E-state index contributed by atoms with van der Waals surface area (Å²) in [6.45, 7) is 0. The number of nitro benzene ring substituents is 1. The lowest BCUT2D eigenvalue weighted by Crippen LogP contribution is -2.28. The van der Waals surface area contributed by atoms with Crippen LogP contribution in [0.5, 0.6) is 5.75 Å². The number of methoxy groups -OCH3 is 1. The zero-order valence-corrected chi connectivity index (χ0v) is 16.6. The Hall–Kier alpha value is -3.73. The van der Waals surface area contributed by atoms with Gasteiger partial charge in [-0.15, -0.1) is 5.10 Å². The Morgan fingerprint density at radius 1 is 1.30 bits per heavy atom. The Bertz CT molecular complexity index is 1020. The van der Waals surface area contributed by atoms with Crippen molar-refractivity contribution in [2.45, 2.75) is 11.7 Å². The van der Waals surface area contributed by atoms with E-state index in [9.17, 15) is 19.7 Å². The Kier molecular flexibility index (Phi) is 6.75. The molecule has 2 aromatic carbocycles. The summed E-state index contributed by atoms with van der Waals surface area (Å²) < 4.78 is 5.08. The van der Waals surface area contributed by atoms with E-state index in [-0.39, 0.29) is 28.9 Å². The molecule has 0 bridgehead atoms. The van der Waals surface area contributed by atoms with Crippen molar-refractivity contribution < 1.29 is 19.2 Å². The highest BCUT2D eigenvalue weighted by Gasteiger charge is 2.32. The number of carbonyl (C=O) groups is 2. The van der Waals surface area contributed by atoms with Gasteiger partial charge in [-0.1, -0.05) is 23.9 Å². The average molecular weight is 427 g/mol. The molecule has 10 nitrogen and oxygen atoms in total. The van der Waals surface area contributed by atoms with E-state index in [0.29, 0.717) is 0 Å². The number of ether oxygens (including phenoxy) is 1. The molecule has 0 saturated carbocycles. The summed E-state index contributed by atoms with van der Waals surface area (Å²) in [5.74, 6) is -0.171. The van der Waals surface area contributed by atoms with E-state index in [0.717, 1.165) is 23.1 Å². The van der Waals surface area contributed by atoms with Gasteiger partial charge in [-0.05, 0) is 35.9 Å². The molecular formula is C19H17N5O5S. The van der Waals surface area contributed by atoms with Crippen LogP contribution in [0.1, 0.15) is 12.0 Å². The van der Waals surface area contributed by atoms with E-state index in [1.54, 1.807) is 37.4 Å². The molecule has 3 rings (SSSR count). The van der Waals surface area contributed by atoms with Gasteiger partial charge < -0.3 is 15.4 Å². The quantitative estimate of drug-likeness (QED) is 0.396. The molecular weight excluding hydrogens is 410 g/mol. The number of amides is 2. The molecule has 1 saturated heterocycles. The molecule has 11 heteroatoms. The second-order valence-corrected chi connectivity index (χ2v) is 7.24. The van der Waals surface area contributed by atoms with Crippen molar-refractivity contribution in [3.8, 4) is 5.75 Å². The third-order valence-corrected chi connectivity index (χ3v) is 5.07. The number of nitro groups is 1. The van der Waals surface area contributed by atoms with E-state index >= 15 is 0 Å². The molecule has 30 heavy (non-hydrogen) atoms. The summed E-state index contributed by atoms with van der Waals surface area (Å²) in [6.07, 6.45) is 1.36. The standard InChI is InChI=1S/C19H17N5O5S/c1-29-13-8-6-12(7-9-13)11-20-23-19-22-18(26)16(30-19)10-17(25)21-14-4-2-3-5-15(14)24(27)28/h2-9,11,16H,10H2,1H3,(H,21,25)(H,22,23,26). The summed E-state index contributed by atoms with van der Waals surface area (Å²) in [5.41, 5.74) is 0.660. The zero-order chi connectivity index (χ0) is 21.5. The Labute approximate surface area is 175 Å². The number of para-hydroxylation sites is 2. The number of benzene rings is 2. The number of rotatable bonds is 7. The number of amidine groups is 1. The van der Waals surface area contributed by atoms with Gasteiger partial charge in [0.15, 0.2) is 5.17 Å². The first-order chi connectivity index (χ1) is 14.5. The van der Waals surface area contributed by atoms with Crippen LogP contribution in [-0.4, -0.2) is 40.5 Å². The largest absolute Gasteiger partial charge is 0.497 e. The Balaban J connectivity index is 1.57. The summed E-state index contributed by atoms with van der Waals surface area (Å²) >= 11 is 1.07. The van der Waals surface area contributed by atoms with Crippen LogP contribution in [0.3, 0.4) is 0 Å². The molecule has 154 valence electrons. The van der Waals surface area contributed by atoms with Crippen molar-refractivity contribution >= 4 is 46.3 Å². The number of hydrogen-bond donors (Lipinski definition) is 2. The molecule has 1 aliphatic heterocycles. The van der Waals surface area contributed by atoms with Gasteiger partial charge in [-0.2, -0.15) is 5.10 Å². The molecule has 0 aliphatic carbocycles. The maximum absolute atomic E-state index is 12.2. The van der Waals surface area contributed by atoms with Crippen molar-refractivity contribution in [3.63, 3.8) is 0 Å². The lowest BCUT2D eigenvalue weighted by atomic mass is 10.2. The van der Waals surface area contributed by atoms with Gasteiger partial charge in [0.1, 0.15) is 16.7 Å². The SMILES string of the molecule is COc1ccc(C=NN=C2NC(=O)C(CC(=O)Nc3ccccc3[N+](=O)[O-])S2)cc1. The monoisotopic (exact) mass is 427 g/mol. The zero-order valence-electron chi connectivity index (χ0n) is 15.8. The molecule has 2 aromatic rings. The fraction of sp³-hybridized carbons (Fsp3) is 0.158. The number of thioether (sulfide) groups is 1. The molecule has 1 heterocycles. The van der Waals surface area contributed by atoms with E-state index < -0.39 is 16.1 Å². The van der Waals surface area contributed by atoms with Crippen LogP contribution in [0.25, 0.3) is 0 Å². The van der Waals surface area contributed by atoms with E-state index in [1.807, 2.05) is 0 Å². The molecule has 0 spiro atoms. The number of anilines is 1. The maximum Gasteiger partial charge on any atom is 0.292 e. The van der Waals surface area contributed by atoms with E-state index in [4.69, 9.17) is 4.74 Å². The molecule has 1 aliphatic rings. The lowest BCUT2D eigenvalue weighted by Gasteiger charge is -2.07. The number of hydrogen-bond acceptors (Lipinski definition) is 8. The topological polar surface area (TPSA) is 135 Å². The first-order valence-corrected chi connectivity index (χ1v) is 9.60. The van der Waals surface area contributed by atoms with Gasteiger partial charge in [-0.3, -0.25) is 19.7 Å². The minimum atomic E-state index is -0.706. The van der Waals surface area contributed by atoms with Crippen LogP contribution in [0, 0.1) is 10.1 Å². The van der Waals surface area contributed by atoms with Crippen molar-refractivity contribution in [1.82, 2.24) is 5.32 Å². The van der Waals surface area contributed by atoms with E-state index in [1.165, 1.54) is 24.4 Å². The number of nitrogens with zero attached hydrogens (tertiary/aromatic N) is 3. The van der Waals surface area contributed by atoms with Crippen LogP contribution in [0.4, 0.5) is 11.4 Å². The van der Waals surface area contributed by atoms with Crippen LogP contribution >= 0.6 is 11.8 Å².